The number of nitrogens with two attached hydrogens (primary N) is 1. The second-order valence-electron chi connectivity index (χ2n) is 4.89. The Bertz CT molecular complexity index is 458. The third-order valence-corrected chi connectivity index (χ3v) is 3.49. The smallest absolute Gasteiger partial charge is 0.251 e. The van der Waals surface area contributed by atoms with Crippen molar-refractivity contribution in [3.8, 4) is 0 Å². The molecule has 1 aromatic carbocycles. The van der Waals surface area contributed by atoms with E-state index < -0.39 is 5.82 Å². The summed E-state index contributed by atoms with van der Waals surface area (Å²) >= 11 is 0. The molecule has 1 fully saturated rings. The van der Waals surface area contributed by atoms with Gasteiger partial charge < -0.3 is 16.2 Å². The zero-order valence-corrected chi connectivity index (χ0v) is 10.1. The molecule has 5 heteroatoms. The van der Waals surface area contributed by atoms with Crippen LogP contribution in [0.1, 0.15) is 29.6 Å². The van der Waals surface area contributed by atoms with E-state index in [1.54, 1.807) is 0 Å². The van der Waals surface area contributed by atoms with Crippen molar-refractivity contribution >= 4 is 11.6 Å². The molecule has 98 valence electrons. The molecule has 0 radical (unpaired) electrons. The Morgan fingerprint density at radius 2 is 2.22 bits per heavy atom. The molecule has 0 bridgehead atoms. The van der Waals surface area contributed by atoms with Crippen LogP contribution in [0.5, 0.6) is 0 Å². The Kier molecular flexibility index (Phi) is 3.52. The molecule has 1 aliphatic rings. The van der Waals surface area contributed by atoms with Crippen molar-refractivity contribution in [3.05, 3.63) is 29.6 Å². The van der Waals surface area contributed by atoms with E-state index in [1.807, 2.05) is 0 Å². The number of halogens is 1. The number of nitrogen functional groups attached to an aromatic ring is 1. The van der Waals surface area contributed by atoms with E-state index in [0.29, 0.717) is 13.0 Å². The minimum Gasteiger partial charge on any atom is -0.396 e. The van der Waals surface area contributed by atoms with Crippen LogP contribution < -0.4 is 11.1 Å². The van der Waals surface area contributed by atoms with Gasteiger partial charge in [0.25, 0.3) is 5.91 Å². The van der Waals surface area contributed by atoms with Gasteiger partial charge in [0.15, 0.2) is 0 Å². The summed E-state index contributed by atoms with van der Waals surface area (Å²) in [5.74, 6) is -0.891. The molecule has 1 aromatic rings. The summed E-state index contributed by atoms with van der Waals surface area (Å²) in [6, 6.07) is 4.01. The number of carbonyl (C=O) groups is 1. The SMILES string of the molecule is Nc1ccc(C(=O)NCC2(CCO)CC2)cc1F. The maximum absolute atomic E-state index is 13.2. The van der Waals surface area contributed by atoms with Gasteiger partial charge in [0.1, 0.15) is 5.82 Å². The molecule has 0 aliphatic heterocycles. The number of anilines is 1. The van der Waals surface area contributed by atoms with Gasteiger partial charge in [-0.2, -0.15) is 0 Å². The highest BCUT2D eigenvalue weighted by Gasteiger charge is 2.41. The molecule has 0 saturated heterocycles. The lowest BCUT2D eigenvalue weighted by Crippen LogP contribution is -2.30. The molecule has 1 saturated carbocycles. The summed E-state index contributed by atoms with van der Waals surface area (Å²) in [5.41, 5.74) is 5.70. The number of aliphatic hydroxyl groups excluding tert-OH is 1. The normalized spacial score (nSPS) is 16.3. The Hall–Kier alpha value is -1.62. The maximum Gasteiger partial charge on any atom is 0.251 e. The molecule has 0 atom stereocenters. The largest absolute Gasteiger partial charge is 0.396 e. The Labute approximate surface area is 105 Å². The Balaban J connectivity index is 1.93. The Morgan fingerprint density at radius 3 is 2.78 bits per heavy atom. The van der Waals surface area contributed by atoms with Crippen LogP contribution in [0.15, 0.2) is 18.2 Å². The van der Waals surface area contributed by atoms with Gasteiger partial charge in [0.05, 0.1) is 5.69 Å². The van der Waals surface area contributed by atoms with E-state index in [-0.39, 0.29) is 29.2 Å². The predicted molar refractivity (Wildman–Crippen MR) is 66.5 cm³/mol. The van der Waals surface area contributed by atoms with Gasteiger partial charge in [0.2, 0.25) is 0 Å². The van der Waals surface area contributed by atoms with Crippen LogP contribution in [0, 0.1) is 11.2 Å². The monoisotopic (exact) mass is 252 g/mol. The van der Waals surface area contributed by atoms with Gasteiger partial charge >= 0.3 is 0 Å². The van der Waals surface area contributed by atoms with Crippen LogP contribution in [-0.2, 0) is 0 Å². The first-order valence-corrected chi connectivity index (χ1v) is 6.00. The van der Waals surface area contributed by atoms with Crippen LogP contribution in [0.3, 0.4) is 0 Å². The van der Waals surface area contributed by atoms with Crippen molar-refractivity contribution < 1.29 is 14.3 Å². The van der Waals surface area contributed by atoms with Crippen molar-refractivity contribution in [1.29, 1.82) is 0 Å². The summed E-state index contributed by atoms with van der Waals surface area (Å²) < 4.78 is 13.2. The maximum atomic E-state index is 13.2. The van der Waals surface area contributed by atoms with Crippen LogP contribution >= 0.6 is 0 Å². The van der Waals surface area contributed by atoms with E-state index in [9.17, 15) is 9.18 Å². The molecule has 0 unspecified atom stereocenters. The van der Waals surface area contributed by atoms with Gasteiger partial charge in [-0.05, 0) is 42.9 Å². The standard InChI is InChI=1S/C13H17FN2O2/c14-10-7-9(1-2-11(10)15)12(18)16-8-13(3-4-13)5-6-17/h1-2,7,17H,3-6,8,15H2,(H,16,18). The van der Waals surface area contributed by atoms with Gasteiger partial charge in [-0.1, -0.05) is 0 Å². The van der Waals surface area contributed by atoms with E-state index in [1.165, 1.54) is 12.1 Å². The average Bonchev–Trinajstić information content (AvgIpc) is 3.11. The summed E-state index contributed by atoms with van der Waals surface area (Å²) in [5, 5.41) is 11.7. The molecular weight excluding hydrogens is 235 g/mol. The van der Waals surface area contributed by atoms with Gasteiger partial charge in [-0.25, -0.2) is 4.39 Å². The van der Waals surface area contributed by atoms with Gasteiger partial charge in [-0.15, -0.1) is 0 Å². The van der Waals surface area contributed by atoms with Crippen molar-refractivity contribution in [2.75, 3.05) is 18.9 Å². The van der Waals surface area contributed by atoms with Crippen LogP contribution in [0.4, 0.5) is 10.1 Å². The molecule has 4 nitrogen and oxygen atoms in total. The van der Waals surface area contributed by atoms with E-state index in [0.717, 1.165) is 18.9 Å². The zero-order chi connectivity index (χ0) is 13.2. The number of amides is 1. The third kappa shape index (κ3) is 2.79. The number of benzene rings is 1. The quantitative estimate of drug-likeness (QED) is 0.691. The van der Waals surface area contributed by atoms with E-state index >= 15 is 0 Å². The minimum absolute atomic E-state index is 0.0329. The summed E-state index contributed by atoms with van der Waals surface area (Å²) in [6.45, 7) is 0.657. The van der Waals surface area contributed by atoms with Crippen LogP contribution in [-0.4, -0.2) is 24.2 Å². The number of rotatable bonds is 5. The molecule has 18 heavy (non-hydrogen) atoms. The van der Waals surface area contributed by atoms with Crippen LogP contribution in [0.25, 0.3) is 0 Å². The Morgan fingerprint density at radius 1 is 1.50 bits per heavy atom. The average molecular weight is 252 g/mol. The fourth-order valence-corrected chi connectivity index (χ4v) is 1.97. The topological polar surface area (TPSA) is 75.4 Å². The lowest BCUT2D eigenvalue weighted by atomic mass is 10.0. The van der Waals surface area contributed by atoms with E-state index in [2.05, 4.69) is 5.32 Å². The van der Waals surface area contributed by atoms with Crippen molar-refractivity contribution in [2.24, 2.45) is 5.41 Å². The molecule has 0 aromatic heterocycles. The van der Waals surface area contributed by atoms with Crippen molar-refractivity contribution in [1.82, 2.24) is 5.32 Å². The minimum atomic E-state index is -0.584. The third-order valence-electron chi connectivity index (χ3n) is 3.49. The summed E-state index contributed by atoms with van der Waals surface area (Å²) in [6.07, 6.45) is 2.73. The number of aliphatic hydroxyl groups is 1. The van der Waals surface area contributed by atoms with E-state index in [4.69, 9.17) is 10.8 Å². The highest BCUT2D eigenvalue weighted by atomic mass is 19.1. The van der Waals surface area contributed by atoms with Crippen molar-refractivity contribution in [2.45, 2.75) is 19.3 Å². The van der Waals surface area contributed by atoms with Gasteiger partial charge in [-0.3, -0.25) is 4.79 Å². The molecule has 2 rings (SSSR count). The second-order valence-corrected chi connectivity index (χ2v) is 4.89. The molecular formula is C13H17FN2O2. The second kappa shape index (κ2) is 4.94. The number of nitrogens with one attached hydrogen (secondary N) is 1. The predicted octanol–water partition coefficient (Wildman–Crippen LogP) is 1.30. The van der Waals surface area contributed by atoms with Crippen LogP contribution in [0.2, 0.25) is 0 Å². The first-order valence-electron chi connectivity index (χ1n) is 6.00. The van der Waals surface area contributed by atoms with Gasteiger partial charge in [0, 0.05) is 18.7 Å². The fraction of sp³-hybridized carbons (Fsp3) is 0.462. The highest BCUT2D eigenvalue weighted by molar-refractivity contribution is 5.94. The number of hydrogen-bond acceptors (Lipinski definition) is 3. The molecule has 1 amide bonds. The highest BCUT2D eigenvalue weighted by Crippen LogP contribution is 2.47. The number of hydrogen-bond donors (Lipinski definition) is 3. The lowest BCUT2D eigenvalue weighted by Gasteiger charge is -2.14. The molecule has 4 N–H and O–H groups in total. The molecule has 0 spiro atoms. The fourth-order valence-electron chi connectivity index (χ4n) is 1.97. The number of carbonyl (C=O) groups excluding carboxylic acids is 1. The zero-order valence-electron chi connectivity index (χ0n) is 10.1. The molecule has 0 heterocycles. The van der Waals surface area contributed by atoms with Crippen molar-refractivity contribution in [3.63, 3.8) is 0 Å². The first-order chi connectivity index (χ1) is 8.56. The first kappa shape index (κ1) is 12.8. The summed E-state index contributed by atoms with van der Waals surface area (Å²) in [4.78, 5) is 11.8. The summed E-state index contributed by atoms with van der Waals surface area (Å²) in [7, 11) is 0. The lowest BCUT2D eigenvalue weighted by molar-refractivity contribution is 0.0940. The molecule has 1 aliphatic carbocycles.